The lowest BCUT2D eigenvalue weighted by Crippen LogP contribution is -2.20. The molecule has 0 saturated heterocycles. The summed E-state index contributed by atoms with van der Waals surface area (Å²) >= 11 is 1.57. The molecule has 2 rings (SSSR count). The fraction of sp³-hybridized carbons (Fsp3) is 0.571. The topological polar surface area (TPSA) is 78.0 Å². The summed E-state index contributed by atoms with van der Waals surface area (Å²) in [5.74, 6) is 0.686. The van der Waals surface area contributed by atoms with Gasteiger partial charge in [0.05, 0.1) is 11.9 Å². The van der Waals surface area contributed by atoms with Crippen molar-refractivity contribution in [3.05, 3.63) is 26.6 Å². The highest BCUT2D eigenvalue weighted by atomic mass is 32.1. The molecule has 0 aromatic carbocycles. The zero-order chi connectivity index (χ0) is 14.5. The number of nitrogens with zero attached hydrogens (tertiary/aromatic N) is 1. The van der Waals surface area contributed by atoms with Crippen LogP contribution in [0.5, 0.6) is 0 Å². The summed E-state index contributed by atoms with van der Waals surface area (Å²) in [6, 6.07) is 0. The Bertz CT molecular complexity index is 633. The molecule has 0 radical (unpaired) electrons. The molecule has 3 N–H and O–H groups in total. The molecule has 2 aromatic heterocycles. The Morgan fingerprint density at radius 2 is 2.10 bits per heavy atom. The fourth-order valence-corrected chi connectivity index (χ4v) is 3.18. The first-order valence-electron chi connectivity index (χ1n) is 6.94. The van der Waals surface area contributed by atoms with E-state index in [1.807, 2.05) is 13.8 Å². The maximum absolute atomic E-state index is 12.1. The summed E-state index contributed by atoms with van der Waals surface area (Å²) < 4.78 is 0. The van der Waals surface area contributed by atoms with Gasteiger partial charge in [-0.3, -0.25) is 4.79 Å². The summed E-state index contributed by atoms with van der Waals surface area (Å²) in [6.45, 7) is 5.66. The smallest absolute Gasteiger partial charge is 0.259 e. The maximum Gasteiger partial charge on any atom is 0.259 e. The molecular weight excluding hydrogens is 274 g/mol. The molecule has 0 atom stereocenters. The molecule has 20 heavy (non-hydrogen) atoms. The Morgan fingerprint density at radius 3 is 2.85 bits per heavy atom. The molecule has 0 aliphatic carbocycles. The number of aliphatic hydroxyl groups excluding tert-OH is 1. The number of unbranched alkanes of at least 4 members (excludes halogenated alkanes) is 2. The first-order valence-corrected chi connectivity index (χ1v) is 7.75. The highest BCUT2D eigenvalue weighted by molar-refractivity contribution is 7.18. The molecule has 0 saturated carbocycles. The summed E-state index contributed by atoms with van der Waals surface area (Å²) in [5, 5.41) is 12.7. The number of thiophene rings is 1. The molecule has 110 valence electrons. The molecule has 0 bridgehead atoms. The first kappa shape index (κ1) is 15.2. The first-order chi connectivity index (χ1) is 9.63. The van der Waals surface area contributed by atoms with E-state index in [2.05, 4.69) is 15.3 Å². The summed E-state index contributed by atoms with van der Waals surface area (Å²) in [5.41, 5.74) is 0.983. The Hall–Kier alpha value is -1.24. The summed E-state index contributed by atoms with van der Waals surface area (Å²) in [7, 11) is 0. The second-order valence-electron chi connectivity index (χ2n) is 4.94. The van der Waals surface area contributed by atoms with Crippen LogP contribution in [0.15, 0.2) is 4.79 Å². The van der Waals surface area contributed by atoms with Crippen LogP contribution in [0.2, 0.25) is 0 Å². The van der Waals surface area contributed by atoms with E-state index in [0.717, 1.165) is 46.5 Å². The second kappa shape index (κ2) is 6.97. The number of hydrogen-bond acceptors (Lipinski definition) is 5. The minimum atomic E-state index is -0.0473. The van der Waals surface area contributed by atoms with Crippen LogP contribution in [0.3, 0.4) is 0 Å². The predicted octanol–water partition coefficient (Wildman–Crippen LogP) is 1.85. The van der Waals surface area contributed by atoms with Gasteiger partial charge in [-0.05, 0) is 45.2 Å². The van der Waals surface area contributed by atoms with Crippen molar-refractivity contribution >= 4 is 21.6 Å². The Balaban J connectivity index is 2.00. The van der Waals surface area contributed by atoms with Crippen LogP contribution >= 0.6 is 11.3 Å². The van der Waals surface area contributed by atoms with Crippen LogP contribution in [-0.2, 0) is 6.54 Å². The third-order valence-electron chi connectivity index (χ3n) is 3.39. The van der Waals surface area contributed by atoms with Crippen LogP contribution < -0.4 is 10.9 Å². The molecular formula is C14H21N3O2S. The van der Waals surface area contributed by atoms with Gasteiger partial charge in [0.25, 0.3) is 5.56 Å². The van der Waals surface area contributed by atoms with Crippen molar-refractivity contribution in [2.75, 3.05) is 13.2 Å². The third-order valence-corrected chi connectivity index (χ3v) is 4.49. The minimum absolute atomic E-state index is 0.0473. The highest BCUT2D eigenvalue weighted by Crippen LogP contribution is 2.25. The van der Waals surface area contributed by atoms with Gasteiger partial charge in [-0.15, -0.1) is 11.3 Å². The van der Waals surface area contributed by atoms with Crippen molar-refractivity contribution in [3.63, 3.8) is 0 Å². The molecule has 0 fully saturated rings. The van der Waals surface area contributed by atoms with Gasteiger partial charge in [0.1, 0.15) is 10.7 Å². The van der Waals surface area contributed by atoms with E-state index < -0.39 is 0 Å². The van der Waals surface area contributed by atoms with Gasteiger partial charge in [0, 0.05) is 11.5 Å². The van der Waals surface area contributed by atoms with E-state index in [-0.39, 0.29) is 12.2 Å². The van der Waals surface area contributed by atoms with E-state index in [9.17, 15) is 4.79 Å². The van der Waals surface area contributed by atoms with Crippen molar-refractivity contribution in [2.24, 2.45) is 0 Å². The lowest BCUT2D eigenvalue weighted by molar-refractivity contribution is 0.283. The zero-order valence-electron chi connectivity index (χ0n) is 12.0. The van der Waals surface area contributed by atoms with E-state index in [1.165, 1.54) is 0 Å². The van der Waals surface area contributed by atoms with E-state index in [4.69, 9.17) is 5.11 Å². The Kier molecular flexibility index (Phi) is 5.28. The van der Waals surface area contributed by atoms with Gasteiger partial charge in [-0.2, -0.15) is 0 Å². The summed E-state index contributed by atoms with van der Waals surface area (Å²) in [6.07, 6.45) is 2.87. The highest BCUT2D eigenvalue weighted by Gasteiger charge is 2.11. The number of rotatable bonds is 7. The van der Waals surface area contributed by atoms with Crippen molar-refractivity contribution in [2.45, 2.75) is 39.7 Å². The lowest BCUT2D eigenvalue weighted by atomic mass is 10.2. The molecule has 6 heteroatoms. The number of aliphatic hydroxyl groups is 1. The third kappa shape index (κ3) is 3.45. The average Bonchev–Trinajstić information content (AvgIpc) is 2.69. The fourth-order valence-electron chi connectivity index (χ4n) is 2.13. The largest absolute Gasteiger partial charge is 0.396 e. The number of aromatic nitrogens is 2. The Morgan fingerprint density at radius 1 is 1.30 bits per heavy atom. The van der Waals surface area contributed by atoms with Crippen LogP contribution in [0.1, 0.15) is 35.5 Å². The summed E-state index contributed by atoms with van der Waals surface area (Å²) in [4.78, 5) is 21.4. The van der Waals surface area contributed by atoms with Gasteiger partial charge in [0.15, 0.2) is 0 Å². The van der Waals surface area contributed by atoms with Crippen LogP contribution in [0.4, 0.5) is 0 Å². The second-order valence-corrected chi connectivity index (χ2v) is 6.14. The van der Waals surface area contributed by atoms with Gasteiger partial charge in [-0.25, -0.2) is 4.98 Å². The normalized spacial score (nSPS) is 11.3. The van der Waals surface area contributed by atoms with Crippen LogP contribution in [0, 0.1) is 13.8 Å². The van der Waals surface area contributed by atoms with E-state index >= 15 is 0 Å². The van der Waals surface area contributed by atoms with E-state index in [1.54, 1.807) is 11.3 Å². The lowest BCUT2D eigenvalue weighted by Gasteiger charge is -2.04. The van der Waals surface area contributed by atoms with E-state index in [0.29, 0.717) is 12.4 Å². The molecule has 5 nitrogen and oxygen atoms in total. The molecule has 2 heterocycles. The number of nitrogens with one attached hydrogen (secondary N) is 2. The number of aryl methyl sites for hydroxylation is 2. The maximum atomic E-state index is 12.1. The molecule has 0 aliphatic heterocycles. The van der Waals surface area contributed by atoms with Crippen LogP contribution in [-0.4, -0.2) is 28.2 Å². The Labute approximate surface area is 122 Å². The van der Waals surface area contributed by atoms with Gasteiger partial charge in [-0.1, -0.05) is 0 Å². The van der Waals surface area contributed by atoms with Crippen molar-refractivity contribution in [1.82, 2.24) is 15.3 Å². The number of aromatic amines is 1. The van der Waals surface area contributed by atoms with Crippen molar-refractivity contribution in [3.8, 4) is 0 Å². The quantitative estimate of drug-likeness (QED) is 0.681. The SMILES string of the molecule is Cc1sc2nc(CNCCCCCO)[nH]c(=O)c2c1C. The van der Waals surface area contributed by atoms with Gasteiger partial charge in [0.2, 0.25) is 0 Å². The van der Waals surface area contributed by atoms with Gasteiger partial charge >= 0.3 is 0 Å². The number of hydrogen-bond donors (Lipinski definition) is 3. The molecule has 0 amide bonds. The minimum Gasteiger partial charge on any atom is -0.396 e. The molecule has 0 unspecified atom stereocenters. The number of H-pyrrole nitrogens is 1. The van der Waals surface area contributed by atoms with Crippen LogP contribution in [0.25, 0.3) is 10.2 Å². The standard InChI is InChI=1S/C14H21N3O2S/c1-9-10(2)20-14-12(9)13(19)16-11(17-14)8-15-6-4-3-5-7-18/h15,18H,3-8H2,1-2H3,(H,16,17,19). The zero-order valence-corrected chi connectivity index (χ0v) is 12.8. The average molecular weight is 295 g/mol. The molecule has 2 aromatic rings. The molecule has 0 aliphatic rings. The van der Waals surface area contributed by atoms with Gasteiger partial charge < -0.3 is 15.4 Å². The van der Waals surface area contributed by atoms with Crippen molar-refractivity contribution < 1.29 is 5.11 Å². The van der Waals surface area contributed by atoms with Crippen molar-refractivity contribution in [1.29, 1.82) is 0 Å². The molecule has 0 spiro atoms. The number of fused-ring (bicyclic) bond motifs is 1. The monoisotopic (exact) mass is 295 g/mol. The predicted molar refractivity (Wildman–Crippen MR) is 82.4 cm³/mol.